The van der Waals surface area contributed by atoms with Crippen LogP contribution in [-0.2, 0) is 0 Å². The molecule has 0 radical (unpaired) electrons. The molecule has 0 atom stereocenters. The van der Waals surface area contributed by atoms with Gasteiger partial charge in [-0.2, -0.15) is 0 Å². The van der Waals surface area contributed by atoms with Crippen LogP contribution in [0.4, 0.5) is 0 Å². The second-order valence-corrected chi connectivity index (χ2v) is 7.14. The van der Waals surface area contributed by atoms with Crippen LogP contribution in [0.2, 0.25) is 0 Å². The second-order valence-electron chi connectivity index (χ2n) is 6.23. The summed E-state index contributed by atoms with van der Waals surface area (Å²) in [6, 6.07) is 13.2. The number of rotatable bonds is 4. The van der Waals surface area contributed by atoms with Crippen LogP contribution in [0.5, 0.6) is 0 Å². The quantitative estimate of drug-likeness (QED) is 0.522. The lowest BCUT2D eigenvalue weighted by Crippen LogP contribution is -2.29. The van der Waals surface area contributed by atoms with Crippen LogP contribution in [0.15, 0.2) is 60.0 Å². The van der Waals surface area contributed by atoms with Crippen molar-refractivity contribution < 1.29 is 9.59 Å². The zero-order valence-corrected chi connectivity index (χ0v) is 15.3. The number of fused-ring (bicyclic) bond motifs is 1. The second kappa shape index (κ2) is 6.46. The Kier molecular flexibility index (Phi) is 4.12. The van der Waals surface area contributed by atoms with Crippen molar-refractivity contribution in [2.45, 2.75) is 19.0 Å². The smallest absolute Gasteiger partial charge is 0.262 e. The van der Waals surface area contributed by atoms with Gasteiger partial charge < -0.3 is 0 Å². The topological polar surface area (TPSA) is 55.2 Å². The van der Waals surface area contributed by atoms with Crippen molar-refractivity contribution >= 4 is 23.6 Å². The summed E-state index contributed by atoms with van der Waals surface area (Å²) in [6.45, 7) is 4.11. The molecule has 6 heteroatoms. The molecule has 0 saturated carbocycles. The van der Waals surface area contributed by atoms with Crippen molar-refractivity contribution in [2.75, 3.05) is 5.88 Å². The number of hydrogen-bond donors (Lipinski definition) is 0. The van der Waals surface area contributed by atoms with Gasteiger partial charge in [-0.1, -0.05) is 41.6 Å². The molecule has 3 aromatic rings. The minimum Gasteiger partial charge on any atom is -0.295 e. The summed E-state index contributed by atoms with van der Waals surface area (Å²) >= 11 is 1.37. The van der Waals surface area contributed by atoms with Crippen molar-refractivity contribution in [2.24, 2.45) is 0 Å². The molecule has 0 bridgehead atoms. The Morgan fingerprint density at radius 3 is 2.35 bits per heavy atom. The normalized spacial score (nSPS) is 13.4. The van der Waals surface area contributed by atoms with E-state index in [1.165, 1.54) is 22.2 Å². The first-order valence-corrected chi connectivity index (χ1v) is 9.24. The van der Waals surface area contributed by atoms with E-state index in [4.69, 9.17) is 0 Å². The maximum absolute atomic E-state index is 12.5. The molecule has 130 valence electrons. The molecule has 1 aromatic heterocycles. The molecular weight excluding hydrogens is 346 g/mol. The molecule has 26 heavy (non-hydrogen) atoms. The predicted octanol–water partition coefficient (Wildman–Crippen LogP) is 3.83. The molecule has 0 unspecified atom stereocenters. The number of thioether (sulfide) groups is 1. The van der Waals surface area contributed by atoms with Crippen LogP contribution in [0.3, 0.4) is 0 Å². The van der Waals surface area contributed by atoms with Gasteiger partial charge in [0.15, 0.2) is 5.16 Å². The molecular formula is C20H17N3O2S. The Balaban J connectivity index is 1.56. The average Bonchev–Trinajstić information content (AvgIpc) is 3.18. The van der Waals surface area contributed by atoms with E-state index in [2.05, 4.69) is 37.0 Å². The fourth-order valence-electron chi connectivity index (χ4n) is 3.13. The van der Waals surface area contributed by atoms with Gasteiger partial charge >= 0.3 is 0 Å². The third-order valence-corrected chi connectivity index (χ3v) is 5.37. The molecule has 2 amide bonds. The number of imide groups is 1. The summed E-state index contributed by atoms with van der Waals surface area (Å²) in [5.41, 5.74) is 4.32. The molecule has 5 nitrogen and oxygen atoms in total. The third kappa shape index (κ3) is 2.72. The Morgan fingerprint density at radius 2 is 1.69 bits per heavy atom. The van der Waals surface area contributed by atoms with Gasteiger partial charge in [-0.3, -0.25) is 19.1 Å². The van der Waals surface area contributed by atoms with Gasteiger partial charge in [-0.25, -0.2) is 4.98 Å². The highest BCUT2D eigenvalue weighted by atomic mass is 32.2. The van der Waals surface area contributed by atoms with Gasteiger partial charge in [0.25, 0.3) is 11.8 Å². The van der Waals surface area contributed by atoms with Crippen molar-refractivity contribution in [1.29, 1.82) is 0 Å². The Morgan fingerprint density at radius 1 is 1.00 bits per heavy atom. The Bertz CT molecular complexity index is 990. The van der Waals surface area contributed by atoms with Gasteiger partial charge in [-0.05, 0) is 37.6 Å². The number of amides is 2. The summed E-state index contributed by atoms with van der Waals surface area (Å²) in [7, 11) is 0. The standard InChI is InChI=1S/C20H17N3O2S/c1-13-7-8-17(14(2)11-13)22-10-9-21-20(22)26-12-23-18(24)15-5-3-4-6-16(15)19(23)25/h3-11H,12H2,1-2H3. The third-order valence-electron chi connectivity index (χ3n) is 4.42. The number of aromatic nitrogens is 2. The Hall–Kier alpha value is -2.86. The van der Waals surface area contributed by atoms with E-state index in [9.17, 15) is 9.59 Å². The highest BCUT2D eigenvalue weighted by molar-refractivity contribution is 7.99. The van der Waals surface area contributed by atoms with Crippen LogP contribution < -0.4 is 0 Å². The molecule has 0 fully saturated rings. The molecule has 2 aromatic carbocycles. The van der Waals surface area contributed by atoms with E-state index in [-0.39, 0.29) is 17.7 Å². The summed E-state index contributed by atoms with van der Waals surface area (Å²) < 4.78 is 1.98. The van der Waals surface area contributed by atoms with Crippen molar-refractivity contribution in [3.8, 4) is 5.69 Å². The highest BCUT2D eigenvalue weighted by Crippen LogP contribution is 2.28. The minimum atomic E-state index is -0.247. The molecule has 0 N–H and O–H groups in total. The van der Waals surface area contributed by atoms with Gasteiger partial charge in [0.05, 0.1) is 22.7 Å². The zero-order valence-electron chi connectivity index (χ0n) is 14.5. The number of benzene rings is 2. The maximum Gasteiger partial charge on any atom is 0.262 e. The van der Waals surface area contributed by atoms with E-state index in [1.807, 2.05) is 10.8 Å². The van der Waals surface area contributed by atoms with Crippen molar-refractivity contribution in [3.63, 3.8) is 0 Å². The van der Waals surface area contributed by atoms with Crippen LogP contribution in [0.25, 0.3) is 5.69 Å². The minimum absolute atomic E-state index is 0.230. The molecule has 1 aliphatic rings. The molecule has 2 heterocycles. The predicted molar refractivity (Wildman–Crippen MR) is 101 cm³/mol. The lowest BCUT2D eigenvalue weighted by atomic mass is 10.1. The van der Waals surface area contributed by atoms with E-state index in [0.717, 1.165) is 16.4 Å². The van der Waals surface area contributed by atoms with Crippen LogP contribution in [-0.4, -0.2) is 32.1 Å². The number of imidazole rings is 1. The first-order chi connectivity index (χ1) is 12.6. The van der Waals surface area contributed by atoms with Crippen LogP contribution in [0.1, 0.15) is 31.8 Å². The fraction of sp³-hybridized carbons (Fsp3) is 0.150. The summed E-state index contributed by atoms with van der Waals surface area (Å²) in [6.07, 6.45) is 3.62. The molecule has 1 aliphatic heterocycles. The van der Waals surface area contributed by atoms with Crippen LogP contribution >= 0.6 is 11.8 Å². The summed E-state index contributed by atoms with van der Waals surface area (Å²) in [5, 5.41) is 0.744. The summed E-state index contributed by atoms with van der Waals surface area (Å²) in [4.78, 5) is 30.6. The number of carbonyl (C=O) groups excluding carboxylic acids is 2. The van der Waals surface area contributed by atoms with Crippen LogP contribution in [0, 0.1) is 13.8 Å². The maximum atomic E-state index is 12.5. The number of carbonyl (C=O) groups is 2. The van der Waals surface area contributed by atoms with E-state index in [0.29, 0.717) is 11.1 Å². The molecule has 0 spiro atoms. The number of aryl methyl sites for hydroxylation is 2. The highest BCUT2D eigenvalue weighted by Gasteiger charge is 2.35. The first-order valence-electron chi connectivity index (χ1n) is 8.25. The Labute approximate surface area is 155 Å². The van der Waals surface area contributed by atoms with Gasteiger partial charge in [0, 0.05) is 12.4 Å². The van der Waals surface area contributed by atoms with E-state index in [1.54, 1.807) is 30.5 Å². The summed E-state index contributed by atoms with van der Waals surface area (Å²) in [5.74, 6) is -0.265. The lowest BCUT2D eigenvalue weighted by molar-refractivity contribution is 0.0684. The van der Waals surface area contributed by atoms with E-state index < -0.39 is 0 Å². The lowest BCUT2D eigenvalue weighted by Gasteiger charge is -2.15. The van der Waals surface area contributed by atoms with E-state index >= 15 is 0 Å². The first kappa shape index (κ1) is 16.6. The fourth-order valence-corrected chi connectivity index (χ4v) is 4.05. The van der Waals surface area contributed by atoms with Gasteiger partial charge in [0.2, 0.25) is 0 Å². The van der Waals surface area contributed by atoms with Gasteiger partial charge in [-0.15, -0.1) is 0 Å². The molecule has 4 rings (SSSR count). The van der Waals surface area contributed by atoms with Crippen molar-refractivity contribution in [1.82, 2.24) is 14.5 Å². The monoisotopic (exact) mass is 363 g/mol. The largest absolute Gasteiger partial charge is 0.295 e. The molecule has 0 saturated heterocycles. The van der Waals surface area contributed by atoms with Gasteiger partial charge in [0.1, 0.15) is 0 Å². The zero-order chi connectivity index (χ0) is 18.3. The average molecular weight is 363 g/mol. The number of hydrogen-bond acceptors (Lipinski definition) is 4. The SMILES string of the molecule is Cc1ccc(-n2ccnc2SCN2C(=O)c3ccccc3C2=O)c(C)c1. The van der Waals surface area contributed by atoms with Crippen molar-refractivity contribution in [3.05, 3.63) is 77.1 Å². The molecule has 0 aliphatic carbocycles. The number of nitrogens with zero attached hydrogens (tertiary/aromatic N) is 3.